The van der Waals surface area contributed by atoms with Gasteiger partial charge in [-0.2, -0.15) is 0 Å². The Balaban J connectivity index is 1.57. The first kappa shape index (κ1) is 25.0. The minimum absolute atomic E-state index is 0.131. The molecule has 0 aliphatic rings. The van der Waals surface area contributed by atoms with Gasteiger partial charge in [0.15, 0.2) is 18.2 Å². The number of hydrogen-bond donors (Lipinski definition) is 1. The molecule has 0 fully saturated rings. The fraction of sp³-hybridized carbons (Fsp3) is 0.240. The summed E-state index contributed by atoms with van der Waals surface area (Å²) < 4.78 is 51.1. The maximum absolute atomic E-state index is 13.9. The van der Waals surface area contributed by atoms with Crippen LogP contribution in [0.4, 0.5) is 10.1 Å². The topological polar surface area (TPSA) is 84.9 Å². The molecule has 0 aliphatic heterocycles. The summed E-state index contributed by atoms with van der Waals surface area (Å²) in [5.74, 6) is -0.354. The molecule has 3 aromatic carbocycles. The average Bonchev–Trinajstić information content (AvgIpc) is 2.82. The lowest BCUT2D eigenvalue weighted by atomic mass is 10.1. The molecule has 0 radical (unpaired) electrons. The summed E-state index contributed by atoms with van der Waals surface area (Å²) in [7, 11) is -0.844. The molecule has 1 atom stereocenters. The second-order valence-electron chi connectivity index (χ2n) is 7.75. The monoisotopic (exact) mass is 486 g/mol. The van der Waals surface area contributed by atoms with Crippen molar-refractivity contribution in [2.24, 2.45) is 0 Å². The first-order chi connectivity index (χ1) is 16.1. The van der Waals surface area contributed by atoms with Crippen LogP contribution < -0.4 is 19.1 Å². The Bertz CT molecular complexity index is 1250. The number of carbonyl (C=O) groups is 1. The van der Waals surface area contributed by atoms with Crippen molar-refractivity contribution in [3.8, 4) is 11.5 Å². The highest BCUT2D eigenvalue weighted by Crippen LogP contribution is 2.25. The maximum atomic E-state index is 13.9. The molecule has 180 valence electrons. The number of ether oxygens (including phenoxy) is 2. The van der Waals surface area contributed by atoms with Crippen molar-refractivity contribution in [3.05, 3.63) is 83.7 Å². The Morgan fingerprint density at radius 3 is 2.29 bits per heavy atom. The van der Waals surface area contributed by atoms with Gasteiger partial charge in [-0.15, -0.1) is 0 Å². The SMILES string of the molecule is COc1ccc(C(C)NC(=O)COc2ccc(N(C)S(=O)(=O)c3ccc(C)cc3)cc2)cc1F. The fourth-order valence-corrected chi connectivity index (χ4v) is 4.42. The Labute approximate surface area is 199 Å². The number of nitrogens with one attached hydrogen (secondary N) is 1. The number of hydrogen-bond acceptors (Lipinski definition) is 5. The maximum Gasteiger partial charge on any atom is 0.264 e. The van der Waals surface area contributed by atoms with E-state index in [4.69, 9.17) is 9.47 Å². The van der Waals surface area contributed by atoms with Crippen LogP contribution in [0, 0.1) is 12.7 Å². The van der Waals surface area contributed by atoms with Crippen molar-refractivity contribution >= 4 is 21.6 Å². The lowest BCUT2D eigenvalue weighted by Crippen LogP contribution is -2.31. The summed E-state index contributed by atoms with van der Waals surface area (Å²) in [4.78, 5) is 12.5. The quantitative estimate of drug-likeness (QED) is 0.490. The van der Waals surface area contributed by atoms with E-state index in [-0.39, 0.29) is 23.2 Å². The second kappa shape index (κ2) is 10.6. The van der Waals surface area contributed by atoms with Gasteiger partial charge >= 0.3 is 0 Å². The highest BCUT2D eigenvalue weighted by molar-refractivity contribution is 7.92. The minimum atomic E-state index is -3.70. The van der Waals surface area contributed by atoms with Crippen LogP contribution in [0.1, 0.15) is 24.1 Å². The molecule has 3 rings (SSSR count). The van der Waals surface area contributed by atoms with E-state index < -0.39 is 21.9 Å². The Kier molecular flexibility index (Phi) is 7.78. The average molecular weight is 487 g/mol. The predicted molar refractivity (Wildman–Crippen MR) is 128 cm³/mol. The van der Waals surface area contributed by atoms with E-state index >= 15 is 0 Å². The van der Waals surface area contributed by atoms with Crippen LogP contribution >= 0.6 is 0 Å². The van der Waals surface area contributed by atoms with Crippen molar-refractivity contribution < 1.29 is 27.1 Å². The van der Waals surface area contributed by atoms with Gasteiger partial charge in [0, 0.05) is 7.05 Å². The molecule has 3 aromatic rings. The molecule has 0 saturated heterocycles. The predicted octanol–water partition coefficient (Wildman–Crippen LogP) is 4.22. The Morgan fingerprint density at radius 1 is 1.06 bits per heavy atom. The van der Waals surface area contributed by atoms with E-state index in [0.29, 0.717) is 17.0 Å². The van der Waals surface area contributed by atoms with Crippen molar-refractivity contribution in [1.82, 2.24) is 5.32 Å². The van der Waals surface area contributed by atoms with E-state index in [0.717, 1.165) is 5.56 Å². The van der Waals surface area contributed by atoms with Gasteiger partial charge in [0.05, 0.1) is 23.7 Å². The van der Waals surface area contributed by atoms with Crippen molar-refractivity contribution in [1.29, 1.82) is 0 Å². The first-order valence-corrected chi connectivity index (χ1v) is 12.0. The number of amides is 1. The van der Waals surface area contributed by atoms with E-state index in [9.17, 15) is 17.6 Å². The first-order valence-electron chi connectivity index (χ1n) is 10.5. The number of halogens is 1. The van der Waals surface area contributed by atoms with Gasteiger partial charge in [0.1, 0.15) is 5.75 Å². The number of anilines is 1. The zero-order valence-corrected chi connectivity index (χ0v) is 20.2. The summed E-state index contributed by atoms with van der Waals surface area (Å²) >= 11 is 0. The van der Waals surface area contributed by atoms with Crippen LogP contribution in [0.15, 0.2) is 71.6 Å². The van der Waals surface area contributed by atoms with E-state index in [2.05, 4.69) is 5.32 Å². The Morgan fingerprint density at radius 2 is 1.71 bits per heavy atom. The van der Waals surface area contributed by atoms with Gasteiger partial charge in [-0.25, -0.2) is 12.8 Å². The fourth-order valence-electron chi connectivity index (χ4n) is 3.23. The second-order valence-corrected chi connectivity index (χ2v) is 9.72. The minimum Gasteiger partial charge on any atom is -0.494 e. The Hall–Kier alpha value is -3.59. The number of sulfonamides is 1. The smallest absolute Gasteiger partial charge is 0.264 e. The summed E-state index contributed by atoms with van der Waals surface area (Å²) in [6.45, 7) is 3.37. The standard InChI is InChI=1S/C25H27FN2O5S/c1-17-5-12-22(13-6-17)34(30,31)28(3)20-8-10-21(11-9-20)33-16-25(29)27-18(2)19-7-14-24(32-4)23(26)15-19/h5-15,18H,16H2,1-4H3,(H,27,29). The third-order valence-corrected chi connectivity index (χ3v) is 7.10. The molecule has 0 bridgehead atoms. The van der Waals surface area contributed by atoms with E-state index in [1.165, 1.54) is 30.6 Å². The van der Waals surface area contributed by atoms with Crippen molar-refractivity contribution in [3.63, 3.8) is 0 Å². The zero-order valence-electron chi connectivity index (χ0n) is 19.4. The summed E-state index contributed by atoms with van der Waals surface area (Å²) in [5.41, 5.74) is 2.01. The molecule has 0 aromatic heterocycles. The summed E-state index contributed by atoms with van der Waals surface area (Å²) in [5, 5.41) is 2.74. The van der Waals surface area contributed by atoms with Gasteiger partial charge in [0.2, 0.25) is 0 Å². The summed E-state index contributed by atoms with van der Waals surface area (Å²) in [6.07, 6.45) is 0. The van der Waals surface area contributed by atoms with Crippen molar-refractivity contribution in [2.75, 3.05) is 25.1 Å². The highest BCUT2D eigenvalue weighted by Gasteiger charge is 2.21. The number of aryl methyl sites for hydroxylation is 1. The molecule has 7 nitrogen and oxygen atoms in total. The number of carbonyl (C=O) groups excluding carboxylic acids is 1. The molecule has 0 heterocycles. The van der Waals surface area contributed by atoms with Crippen LogP contribution in [0.5, 0.6) is 11.5 Å². The molecule has 34 heavy (non-hydrogen) atoms. The van der Waals surface area contributed by atoms with Gasteiger partial charge in [-0.1, -0.05) is 23.8 Å². The lowest BCUT2D eigenvalue weighted by Gasteiger charge is -2.20. The van der Waals surface area contributed by atoms with Gasteiger partial charge < -0.3 is 14.8 Å². The third-order valence-electron chi connectivity index (χ3n) is 5.30. The highest BCUT2D eigenvalue weighted by atomic mass is 32.2. The van der Waals surface area contributed by atoms with Crippen molar-refractivity contribution in [2.45, 2.75) is 24.8 Å². The largest absolute Gasteiger partial charge is 0.494 e. The lowest BCUT2D eigenvalue weighted by molar-refractivity contribution is -0.123. The normalized spacial score (nSPS) is 12.0. The number of nitrogens with zero attached hydrogens (tertiary/aromatic N) is 1. The van der Waals surface area contributed by atoms with Gasteiger partial charge in [-0.05, 0) is 67.9 Å². The van der Waals surface area contributed by atoms with Crippen LogP contribution in [0.3, 0.4) is 0 Å². The number of rotatable bonds is 9. The van der Waals surface area contributed by atoms with Gasteiger partial charge in [-0.3, -0.25) is 9.10 Å². The van der Waals surface area contributed by atoms with Crippen LogP contribution in [0.25, 0.3) is 0 Å². The van der Waals surface area contributed by atoms with Crippen LogP contribution in [-0.2, 0) is 14.8 Å². The molecule has 1 unspecified atom stereocenters. The van der Waals surface area contributed by atoms with Crippen LogP contribution in [0.2, 0.25) is 0 Å². The molecule has 0 saturated carbocycles. The van der Waals surface area contributed by atoms with E-state index in [1.54, 1.807) is 61.5 Å². The van der Waals surface area contributed by atoms with E-state index in [1.807, 2.05) is 6.92 Å². The molecule has 0 spiro atoms. The molecular formula is C25H27FN2O5S. The third kappa shape index (κ3) is 5.85. The van der Waals surface area contributed by atoms with Gasteiger partial charge in [0.25, 0.3) is 15.9 Å². The van der Waals surface area contributed by atoms with Crippen LogP contribution in [-0.4, -0.2) is 35.1 Å². The summed E-state index contributed by atoms with van der Waals surface area (Å²) in [6, 6.07) is 17.1. The molecule has 1 amide bonds. The molecular weight excluding hydrogens is 459 g/mol. The molecule has 9 heteroatoms. The number of benzene rings is 3. The molecule has 0 aliphatic carbocycles. The number of methoxy groups -OCH3 is 1. The zero-order chi connectivity index (χ0) is 24.9. The molecule has 1 N–H and O–H groups in total.